The summed E-state index contributed by atoms with van der Waals surface area (Å²) in [5.74, 6) is 1.95. The van der Waals surface area contributed by atoms with Crippen molar-refractivity contribution < 1.29 is 19.0 Å². The first-order chi connectivity index (χ1) is 16.2. The summed E-state index contributed by atoms with van der Waals surface area (Å²) in [4.78, 5) is 11.9. The van der Waals surface area contributed by atoms with Gasteiger partial charge in [0.25, 0.3) is 0 Å². The maximum absolute atomic E-state index is 11.9. The minimum atomic E-state index is -0.433. The zero-order valence-corrected chi connectivity index (χ0v) is 18.5. The molecular weight excluding hydrogens is 418 g/mol. The molecular formula is C26H27N3O4. The average molecular weight is 446 g/mol. The molecule has 7 nitrogen and oxygen atoms in total. The minimum Gasteiger partial charge on any atom is -0.493 e. The molecule has 0 fully saturated rings. The maximum atomic E-state index is 11.9. The van der Waals surface area contributed by atoms with Gasteiger partial charge in [-0.25, -0.2) is 10.2 Å². The number of carbonyl (C=O) groups excluding carboxylic acids is 1. The van der Waals surface area contributed by atoms with E-state index in [0.29, 0.717) is 36.1 Å². The molecule has 0 radical (unpaired) electrons. The fourth-order valence-electron chi connectivity index (χ4n) is 2.99. The van der Waals surface area contributed by atoms with Crippen molar-refractivity contribution in [2.45, 2.75) is 6.42 Å². The molecule has 7 heteroatoms. The minimum absolute atomic E-state index is 0.324. The quantitative estimate of drug-likeness (QED) is 0.188. The van der Waals surface area contributed by atoms with E-state index in [4.69, 9.17) is 14.2 Å². The molecule has 0 aliphatic rings. The Morgan fingerprint density at radius 2 is 1.67 bits per heavy atom. The molecule has 170 valence electrons. The first kappa shape index (κ1) is 23.4. The third-order valence-electron chi connectivity index (χ3n) is 4.53. The molecule has 3 aromatic rings. The number of amides is 2. The Balaban J connectivity index is 1.50. The fourth-order valence-corrected chi connectivity index (χ4v) is 2.99. The van der Waals surface area contributed by atoms with Crippen molar-refractivity contribution in [2.75, 3.05) is 25.6 Å². The number of hydrogen-bond acceptors (Lipinski definition) is 5. The lowest BCUT2D eigenvalue weighted by atomic mass is 10.1. The standard InChI is InChI=1S/C26H27N3O4/c1-3-9-20-14-15-24(25(18-20)31-2)33-17-16-32-23-13-8-7-10-21(23)19-27-29-26(30)28-22-11-5-4-6-12-22/h3-8,10-15,18-19H,1,9,16-17H2,2H3,(H2,28,29,30). The highest BCUT2D eigenvalue weighted by molar-refractivity contribution is 5.90. The molecule has 0 aromatic heterocycles. The van der Waals surface area contributed by atoms with Gasteiger partial charge in [-0.05, 0) is 48.4 Å². The molecule has 0 saturated heterocycles. The first-order valence-electron chi connectivity index (χ1n) is 10.5. The smallest absolute Gasteiger partial charge is 0.339 e. The van der Waals surface area contributed by atoms with E-state index in [-0.39, 0.29) is 0 Å². The lowest BCUT2D eigenvalue weighted by Gasteiger charge is -2.13. The first-order valence-corrected chi connectivity index (χ1v) is 10.5. The molecule has 0 atom stereocenters. The lowest BCUT2D eigenvalue weighted by Crippen LogP contribution is -2.24. The molecule has 33 heavy (non-hydrogen) atoms. The summed E-state index contributed by atoms with van der Waals surface area (Å²) in [7, 11) is 1.61. The molecule has 0 aliphatic heterocycles. The number of allylic oxidation sites excluding steroid dienone is 1. The molecule has 0 saturated carbocycles. The summed E-state index contributed by atoms with van der Waals surface area (Å²) >= 11 is 0. The van der Waals surface area contributed by atoms with Crippen LogP contribution in [0.15, 0.2) is 90.6 Å². The number of ether oxygens (including phenoxy) is 3. The van der Waals surface area contributed by atoms with Gasteiger partial charge < -0.3 is 19.5 Å². The van der Waals surface area contributed by atoms with Gasteiger partial charge in [-0.2, -0.15) is 5.10 Å². The van der Waals surface area contributed by atoms with E-state index in [2.05, 4.69) is 22.4 Å². The Bertz CT molecular complexity index is 1080. The van der Waals surface area contributed by atoms with Gasteiger partial charge in [-0.1, -0.05) is 42.5 Å². The summed E-state index contributed by atoms with van der Waals surface area (Å²) in [6, 6.07) is 21.9. The molecule has 0 unspecified atom stereocenters. The van der Waals surface area contributed by atoms with Crippen LogP contribution in [0.2, 0.25) is 0 Å². The van der Waals surface area contributed by atoms with Crippen molar-refractivity contribution in [1.82, 2.24) is 5.43 Å². The zero-order chi connectivity index (χ0) is 23.3. The summed E-state index contributed by atoms with van der Waals surface area (Å²) < 4.78 is 17.1. The van der Waals surface area contributed by atoms with Crippen LogP contribution in [0.4, 0.5) is 10.5 Å². The van der Waals surface area contributed by atoms with Crippen LogP contribution in [-0.2, 0) is 6.42 Å². The zero-order valence-electron chi connectivity index (χ0n) is 18.5. The summed E-state index contributed by atoms with van der Waals surface area (Å²) in [5.41, 5.74) is 4.95. The van der Waals surface area contributed by atoms with E-state index in [1.54, 1.807) is 19.2 Å². The van der Waals surface area contributed by atoms with Crippen LogP contribution >= 0.6 is 0 Å². The van der Waals surface area contributed by atoms with Crippen LogP contribution in [0.1, 0.15) is 11.1 Å². The largest absolute Gasteiger partial charge is 0.493 e. The van der Waals surface area contributed by atoms with E-state index < -0.39 is 6.03 Å². The van der Waals surface area contributed by atoms with E-state index in [1.807, 2.05) is 66.7 Å². The Morgan fingerprint density at radius 3 is 2.42 bits per heavy atom. The molecule has 0 aliphatic carbocycles. The van der Waals surface area contributed by atoms with Crippen LogP contribution in [0, 0.1) is 0 Å². The van der Waals surface area contributed by atoms with Gasteiger partial charge in [0.2, 0.25) is 0 Å². The number of nitrogens with zero attached hydrogens (tertiary/aromatic N) is 1. The number of carbonyl (C=O) groups is 1. The molecule has 2 amide bonds. The van der Waals surface area contributed by atoms with Crippen molar-refractivity contribution in [3.05, 3.63) is 96.6 Å². The number of para-hydroxylation sites is 2. The third-order valence-corrected chi connectivity index (χ3v) is 4.53. The van der Waals surface area contributed by atoms with Crippen LogP contribution in [-0.4, -0.2) is 32.6 Å². The number of nitrogens with one attached hydrogen (secondary N) is 2. The number of benzene rings is 3. The van der Waals surface area contributed by atoms with Crippen LogP contribution in [0.3, 0.4) is 0 Å². The lowest BCUT2D eigenvalue weighted by molar-refractivity contribution is 0.211. The van der Waals surface area contributed by atoms with Gasteiger partial charge in [0.05, 0.1) is 13.3 Å². The predicted octanol–water partition coefficient (Wildman–Crippen LogP) is 5.04. The Labute approximate surface area is 193 Å². The topological polar surface area (TPSA) is 81.2 Å². The fraction of sp³-hybridized carbons (Fsp3) is 0.154. The number of hydrazone groups is 1. The molecule has 2 N–H and O–H groups in total. The normalized spacial score (nSPS) is 10.5. The second-order valence-corrected chi connectivity index (χ2v) is 6.90. The highest BCUT2D eigenvalue weighted by Crippen LogP contribution is 2.28. The molecule has 0 heterocycles. The van der Waals surface area contributed by atoms with Gasteiger partial charge in [-0.3, -0.25) is 0 Å². The van der Waals surface area contributed by atoms with Crippen molar-refractivity contribution in [2.24, 2.45) is 5.10 Å². The summed E-state index contributed by atoms with van der Waals surface area (Å²) in [6.45, 7) is 4.41. The summed E-state index contributed by atoms with van der Waals surface area (Å²) in [6.07, 6.45) is 4.14. The van der Waals surface area contributed by atoms with E-state index in [0.717, 1.165) is 17.5 Å². The number of anilines is 1. The molecule has 3 aromatic carbocycles. The van der Waals surface area contributed by atoms with Crippen molar-refractivity contribution >= 4 is 17.9 Å². The number of methoxy groups -OCH3 is 1. The summed E-state index contributed by atoms with van der Waals surface area (Å²) in [5, 5.41) is 6.69. The predicted molar refractivity (Wildman–Crippen MR) is 131 cm³/mol. The van der Waals surface area contributed by atoms with Gasteiger partial charge in [0.1, 0.15) is 19.0 Å². The molecule has 0 bridgehead atoms. The number of hydrogen-bond donors (Lipinski definition) is 2. The van der Waals surface area contributed by atoms with Gasteiger partial charge >= 0.3 is 6.03 Å². The third kappa shape index (κ3) is 7.43. The number of urea groups is 1. The monoisotopic (exact) mass is 445 g/mol. The second-order valence-electron chi connectivity index (χ2n) is 6.90. The van der Waals surface area contributed by atoms with E-state index >= 15 is 0 Å². The van der Waals surface area contributed by atoms with Crippen LogP contribution < -0.4 is 25.0 Å². The van der Waals surface area contributed by atoms with Gasteiger partial charge in [-0.15, -0.1) is 6.58 Å². The Kier molecular flexibility index (Phi) is 8.91. The van der Waals surface area contributed by atoms with Crippen molar-refractivity contribution in [3.63, 3.8) is 0 Å². The highest BCUT2D eigenvalue weighted by Gasteiger charge is 2.06. The SMILES string of the molecule is C=CCc1ccc(OCCOc2ccccc2C=NNC(=O)Nc2ccccc2)c(OC)c1. The molecule has 0 spiro atoms. The number of rotatable bonds is 11. The van der Waals surface area contributed by atoms with Gasteiger partial charge in [0, 0.05) is 11.3 Å². The average Bonchev–Trinajstić information content (AvgIpc) is 2.84. The van der Waals surface area contributed by atoms with Crippen LogP contribution in [0.5, 0.6) is 17.2 Å². The van der Waals surface area contributed by atoms with Crippen molar-refractivity contribution in [1.29, 1.82) is 0 Å². The van der Waals surface area contributed by atoms with Gasteiger partial charge in [0.15, 0.2) is 11.5 Å². The van der Waals surface area contributed by atoms with Crippen LogP contribution in [0.25, 0.3) is 0 Å². The second kappa shape index (κ2) is 12.6. The maximum Gasteiger partial charge on any atom is 0.339 e. The Morgan fingerprint density at radius 1 is 0.939 bits per heavy atom. The van der Waals surface area contributed by atoms with Crippen molar-refractivity contribution in [3.8, 4) is 17.2 Å². The highest BCUT2D eigenvalue weighted by atomic mass is 16.5. The van der Waals surface area contributed by atoms with E-state index in [1.165, 1.54) is 6.21 Å². The Hall–Kier alpha value is -4.26. The molecule has 3 rings (SSSR count). The van der Waals surface area contributed by atoms with E-state index in [9.17, 15) is 4.79 Å².